The summed E-state index contributed by atoms with van der Waals surface area (Å²) < 4.78 is 29.4. The molecule has 9 heteroatoms. The Morgan fingerprint density at radius 3 is 2.57 bits per heavy atom. The zero-order valence-electron chi connectivity index (χ0n) is 15.4. The van der Waals surface area contributed by atoms with Gasteiger partial charge in [-0.2, -0.15) is 0 Å². The van der Waals surface area contributed by atoms with E-state index in [1.165, 1.54) is 12.1 Å². The van der Waals surface area contributed by atoms with Gasteiger partial charge in [0, 0.05) is 25.0 Å². The van der Waals surface area contributed by atoms with Gasteiger partial charge in [-0.3, -0.25) is 4.79 Å². The van der Waals surface area contributed by atoms with Crippen LogP contribution in [-0.4, -0.2) is 45.8 Å². The van der Waals surface area contributed by atoms with Crippen LogP contribution in [0.25, 0.3) is 10.2 Å². The number of thiazole rings is 1. The van der Waals surface area contributed by atoms with Crippen molar-refractivity contribution in [1.82, 2.24) is 4.98 Å². The van der Waals surface area contributed by atoms with Crippen molar-refractivity contribution in [2.24, 2.45) is 5.92 Å². The molecule has 3 aromatic rings. The molecule has 0 atom stereocenters. The van der Waals surface area contributed by atoms with Crippen molar-refractivity contribution in [3.63, 3.8) is 0 Å². The molecule has 1 amide bonds. The Balaban J connectivity index is 1.39. The first-order valence-electron chi connectivity index (χ1n) is 8.64. The minimum absolute atomic E-state index is 0.0814. The fourth-order valence-electron chi connectivity index (χ4n) is 3.04. The van der Waals surface area contributed by atoms with Crippen LogP contribution in [0.15, 0.2) is 47.4 Å². The van der Waals surface area contributed by atoms with Crippen LogP contribution in [0.2, 0.25) is 0 Å². The van der Waals surface area contributed by atoms with Crippen molar-refractivity contribution in [3.05, 3.63) is 42.5 Å². The summed E-state index contributed by atoms with van der Waals surface area (Å²) >= 11 is 1.58. The number of aromatic nitrogens is 1. The van der Waals surface area contributed by atoms with Gasteiger partial charge in [-0.25, -0.2) is 13.4 Å². The SMILES string of the molecule is COc1cccc2sc(N3CC(C(=O)Nc4ccc(S(C)(=O)=O)cc4)C3)nc12. The van der Waals surface area contributed by atoms with Crippen LogP contribution in [0.4, 0.5) is 10.8 Å². The maximum Gasteiger partial charge on any atom is 0.231 e. The molecule has 2 heterocycles. The molecule has 1 aliphatic rings. The minimum Gasteiger partial charge on any atom is -0.494 e. The number of hydrogen-bond donors (Lipinski definition) is 1. The fourth-order valence-corrected chi connectivity index (χ4v) is 4.67. The maximum absolute atomic E-state index is 12.4. The lowest BCUT2D eigenvalue weighted by Gasteiger charge is -2.37. The third-order valence-corrected chi connectivity index (χ3v) is 6.87. The van der Waals surface area contributed by atoms with E-state index < -0.39 is 9.84 Å². The molecule has 0 radical (unpaired) electrons. The van der Waals surface area contributed by atoms with Crippen molar-refractivity contribution < 1.29 is 17.9 Å². The van der Waals surface area contributed by atoms with Crippen molar-refractivity contribution in [3.8, 4) is 5.75 Å². The van der Waals surface area contributed by atoms with Crippen molar-refractivity contribution in [1.29, 1.82) is 0 Å². The Morgan fingerprint density at radius 2 is 1.93 bits per heavy atom. The van der Waals surface area contributed by atoms with Crippen molar-refractivity contribution in [2.75, 3.05) is 36.7 Å². The van der Waals surface area contributed by atoms with Gasteiger partial charge >= 0.3 is 0 Å². The molecule has 0 aliphatic carbocycles. The summed E-state index contributed by atoms with van der Waals surface area (Å²) in [6.45, 7) is 1.19. The summed E-state index contributed by atoms with van der Waals surface area (Å²) in [5, 5.41) is 3.72. The zero-order chi connectivity index (χ0) is 19.9. The van der Waals surface area contributed by atoms with Gasteiger partial charge in [0.25, 0.3) is 0 Å². The highest BCUT2D eigenvalue weighted by Gasteiger charge is 2.34. The van der Waals surface area contributed by atoms with Crippen LogP contribution in [-0.2, 0) is 14.6 Å². The number of anilines is 2. The van der Waals surface area contributed by atoms with Gasteiger partial charge in [-0.15, -0.1) is 0 Å². The van der Waals surface area contributed by atoms with Gasteiger partial charge in [0.2, 0.25) is 5.91 Å². The summed E-state index contributed by atoms with van der Waals surface area (Å²) in [6, 6.07) is 12.0. The fraction of sp³-hybridized carbons (Fsp3) is 0.263. The molecule has 4 rings (SSSR count). The summed E-state index contributed by atoms with van der Waals surface area (Å²) in [5.74, 6) is 0.526. The maximum atomic E-state index is 12.4. The molecule has 1 aliphatic heterocycles. The van der Waals surface area contributed by atoms with E-state index in [4.69, 9.17) is 4.74 Å². The molecular formula is C19H19N3O4S2. The van der Waals surface area contributed by atoms with E-state index in [0.717, 1.165) is 27.4 Å². The van der Waals surface area contributed by atoms with E-state index in [-0.39, 0.29) is 16.7 Å². The molecule has 2 aromatic carbocycles. The predicted octanol–water partition coefficient (Wildman–Crippen LogP) is 2.78. The van der Waals surface area contributed by atoms with Gasteiger partial charge in [-0.05, 0) is 36.4 Å². The summed E-state index contributed by atoms with van der Waals surface area (Å²) in [5.41, 5.74) is 1.42. The second-order valence-corrected chi connectivity index (χ2v) is 9.72. The first kappa shape index (κ1) is 18.7. The molecular weight excluding hydrogens is 398 g/mol. The number of fused-ring (bicyclic) bond motifs is 1. The highest BCUT2D eigenvalue weighted by molar-refractivity contribution is 7.90. The summed E-state index contributed by atoms with van der Waals surface area (Å²) in [4.78, 5) is 19.4. The minimum atomic E-state index is -3.25. The van der Waals surface area contributed by atoms with Crippen LogP contribution < -0.4 is 15.0 Å². The number of rotatable bonds is 5. The molecule has 0 spiro atoms. The van der Waals surface area contributed by atoms with E-state index in [1.807, 2.05) is 18.2 Å². The molecule has 1 aromatic heterocycles. The number of carbonyl (C=O) groups excluding carboxylic acids is 1. The van der Waals surface area contributed by atoms with Gasteiger partial charge in [0.15, 0.2) is 15.0 Å². The first-order valence-corrected chi connectivity index (χ1v) is 11.4. The molecule has 0 bridgehead atoms. The molecule has 1 fully saturated rings. The number of carbonyl (C=O) groups is 1. The number of benzene rings is 2. The quantitative estimate of drug-likeness (QED) is 0.687. The largest absolute Gasteiger partial charge is 0.494 e. The lowest BCUT2D eigenvalue weighted by atomic mass is 10.00. The van der Waals surface area contributed by atoms with Gasteiger partial charge in [0.1, 0.15) is 11.3 Å². The second-order valence-electron chi connectivity index (χ2n) is 6.69. The average molecular weight is 418 g/mol. The Morgan fingerprint density at radius 1 is 1.21 bits per heavy atom. The van der Waals surface area contributed by atoms with Gasteiger partial charge < -0.3 is 15.0 Å². The number of hydrogen-bond acceptors (Lipinski definition) is 7. The monoisotopic (exact) mass is 417 g/mol. The van der Waals surface area contributed by atoms with E-state index in [0.29, 0.717) is 18.8 Å². The Hall–Kier alpha value is -2.65. The second kappa shape index (κ2) is 7.06. The molecule has 7 nitrogen and oxygen atoms in total. The number of nitrogens with zero attached hydrogens (tertiary/aromatic N) is 2. The van der Waals surface area contributed by atoms with E-state index in [1.54, 1.807) is 30.6 Å². The van der Waals surface area contributed by atoms with Crippen LogP contribution >= 0.6 is 11.3 Å². The van der Waals surface area contributed by atoms with Crippen molar-refractivity contribution >= 4 is 48.1 Å². The molecule has 1 N–H and O–H groups in total. The van der Waals surface area contributed by atoms with Crippen molar-refractivity contribution in [2.45, 2.75) is 4.90 Å². The normalized spacial score (nSPS) is 14.7. The highest BCUT2D eigenvalue weighted by Crippen LogP contribution is 2.36. The van der Waals surface area contributed by atoms with Gasteiger partial charge in [-0.1, -0.05) is 17.4 Å². The van der Waals surface area contributed by atoms with E-state index >= 15 is 0 Å². The Labute approximate surface area is 166 Å². The number of ether oxygens (including phenoxy) is 1. The lowest BCUT2D eigenvalue weighted by Crippen LogP contribution is -2.52. The molecule has 0 unspecified atom stereocenters. The number of para-hydroxylation sites is 1. The number of nitrogens with one attached hydrogen (secondary N) is 1. The topological polar surface area (TPSA) is 88.6 Å². The molecule has 1 saturated heterocycles. The number of amides is 1. The molecule has 0 saturated carbocycles. The summed E-state index contributed by atoms with van der Waals surface area (Å²) in [7, 11) is -1.62. The van der Waals surface area contributed by atoms with Crippen LogP contribution in [0.5, 0.6) is 5.75 Å². The Kier molecular flexibility index (Phi) is 4.72. The van der Waals surface area contributed by atoms with E-state index in [2.05, 4.69) is 15.2 Å². The predicted molar refractivity (Wildman–Crippen MR) is 110 cm³/mol. The first-order chi connectivity index (χ1) is 13.3. The Bertz CT molecular complexity index is 1130. The van der Waals surface area contributed by atoms with Crippen LogP contribution in [0.3, 0.4) is 0 Å². The zero-order valence-corrected chi connectivity index (χ0v) is 17.0. The van der Waals surface area contributed by atoms with Crippen LogP contribution in [0, 0.1) is 5.92 Å². The molecule has 146 valence electrons. The van der Waals surface area contributed by atoms with E-state index in [9.17, 15) is 13.2 Å². The summed E-state index contributed by atoms with van der Waals surface area (Å²) in [6.07, 6.45) is 1.15. The standard InChI is InChI=1S/C19H19N3O4S2/c1-26-15-4-3-5-16-17(15)21-19(27-16)22-10-12(11-22)18(23)20-13-6-8-14(9-7-13)28(2,24)25/h3-9,12H,10-11H2,1-2H3,(H,20,23). The number of methoxy groups -OCH3 is 1. The third kappa shape index (κ3) is 3.55. The lowest BCUT2D eigenvalue weighted by molar-refractivity contribution is -0.120. The number of sulfone groups is 1. The van der Waals surface area contributed by atoms with Gasteiger partial charge in [0.05, 0.1) is 22.6 Å². The van der Waals surface area contributed by atoms with Crippen LogP contribution in [0.1, 0.15) is 0 Å². The molecule has 28 heavy (non-hydrogen) atoms. The average Bonchev–Trinajstić information content (AvgIpc) is 3.03. The highest BCUT2D eigenvalue weighted by atomic mass is 32.2. The third-order valence-electron chi connectivity index (χ3n) is 4.66. The smallest absolute Gasteiger partial charge is 0.231 e.